The standard InChI is InChI=1S/C18H25N3O3S/c1-3-14(2)19-18(22)13-20-11-8-15-12-16(6-7-17(15)20)25(23,24)21-9-4-5-10-21/h6-8,11-12,14H,3-5,9-10,13H2,1-2H3,(H,19,22). The van der Waals surface area contributed by atoms with E-state index in [1.54, 1.807) is 22.5 Å². The molecule has 1 aromatic carbocycles. The van der Waals surface area contributed by atoms with Gasteiger partial charge in [0.25, 0.3) is 0 Å². The second-order valence-corrected chi connectivity index (χ2v) is 8.59. The lowest BCUT2D eigenvalue weighted by Crippen LogP contribution is -2.34. The lowest BCUT2D eigenvalue weighted by atomic mass is 10.2. The van der Waals surface area contributed by atoms with Gasteiger partial charge in [-0.3, -0.25) is 4.79 Å². The Kier molecular flexibility index (Phi) is 5.15. The Bertz CT molecular complexity index is 867. The molecule has 0 bridgehead atoms. The Hall–Kier alpha value is -1.86. The van der Waals surface area contributed by atoms with Crippen molar-refractivity contribution in [3.8, 4) is 0 Å². The van der Waals surface area contributed by atoms with E-state index in [0.717, 1.165) is 30.2 Å². The molecule has 1 N–H and O–H groups in total. The van der Waals surface area contributed by atoms with Crippen LogP contribution < -0.4 is 5.32 Å². The van der Waals surface area contributed by atoms with Crippen LogP contribution in [0.15, 0.2) is 35.4 Å². The molecule has 7 heteroatoms. The molecule has 1 unspecified atom stereocenters. The van der Waals surface area contributed by atoms with E-state index in [0.29, 0.717) is 18.0 Å². The molecule has 25 heavy (non-hydrogen) atoms. The van der Waals surface area contributed by atoms with Crippen molar-refractivity contribution in [3.05, 3.63) is 30.5 Å². The molecular formula is C18H25N3O3S. The van der Waals surface area contributed by atoms with Crippen molar-refractivity contribution in [2.45, 2.75) is 50.6 Å². The molecule has 3 rings (SSSR count). The number of hydrogen-bond acceptors (Lipinski definition) is 3. The van der Waals surface area contributed by atoms with Crippen molar-refractivity contribution < 1.29 is 13.2 Å². The number of amides is 1. The third kappa shape index (κ3) is 3.72. The van der Waals surface area contributed by atoms with Crippen molar-refractivity contribution >= 4 is 26.8 Å². The highest BCUT2D eigenvalue weighted by molar-refractivity contribution is 7.89. The second-order valence-electron chi connectivity index (χ2n) is 6.65. The number of carbonyl (C=O) groups is 1. The van der Waals surface area contributed by atoms with Crippen LogP contribution in [0.25, 0.3) is 10.9 Å². The van der Waals surface area contributed by atoms with Gasteiger partial charge in [-0.25, -0.2) is 8.42 Å². The first-order chi connectivity index (χ1) is 11.9. The lowest BCUT2D eigenvalue weighted by Gasteiger charge is -2.15. The average molecular weight is 363 g/mol. The molecule has 2 aromatic rings. The largest absolute Gasteiger partial charge is 0.352 e. The van der Waals surface area contributed by atoms with Crippen LogP contribution in [-0.2, 0) is 21.4 Å². The summed E-state index contributed by atoms with van der Waals surface area (Å²) in [5.74, 6) is -0.0411. The Balaban J connectivity index is 1.83. The maximum atomic E-state index is 12.7. The maximum absolute atomic E-state index is 12.7. The molecule has 1 aliphatic rings. The number of rotatable bonds is 6. The predicted octanol–water partition coefficient (Wildman–Crippen LogP) is 2.34. The van der Waals surface area contributed by atoms with E-state index in [1.165, 1.54) is 0 Å². The third-order valence-corrected chi connectivity index (χ3v) is 6.67. The Labute approximate surface area is 148 Å². The SMILES string of the molecule is CCC(C)NC(=O)Cn1ccc2cc(S(=O)(=O)N3CCCC3)ccc21. The molecule has 1 atom stereocenters. The predicted molar refractivity (Wildman–Crippen MR) is 97.8 cm³/mol. The highest BCUT2D eigenvalue weighted by Gasteiger charge is 2.27. The second kappa shape index (κ2) is 7.17. The van der Waals surface area contributed by atoms with E-state index in [2.05, 4.69) is 5.32 Å². The minimum atomic E-state index is -3.42. The Morgan fingerprint density at radius 3 is 2.64 bits per heavy atom. The van der Waals surface area contributed by atoms with Gasteiger partial charge in [-0.05, 0) is 50.5 Å². The van der Waals surface area contributed by atoms with Gasteiger partial charge < -0.3 is 9.88 Å². The molecule has 1 saturated heterocycles. The van der Waals surface area contributed by atoms with Crippen molar-refractivity contribution in [2.24, 2.45) is 0 Å². The monoisotopic (exact) mass is 363 g/mol. The summed E-state index contributed by atoms with van der Waals surface area (Å²) in [6, 6.07) is 7.13. The number of aromatic nitrogens is 1. The molecule has 136 valence electrons. The summed E-state index contributed by atoms with van der Waals surface area (Å²) < 4.78 is 28.7. The number of sulfonamides is 1. The van der Waals surface area contributed by atoms with Crippen molar-refractivity contribution in [3.63, 3.8) is 0 Å². The third-order valence-electron chi connectivity index (χ3n) is 4.78. The van der Waals surface area contributed by atoms with E-state index in [9.17, 15) is 13.2 Å². The summed E-state index contributed by atoms with van der Waals surface area (Å²) in [6.45, 7) is 5.42. The summed E-state index contributed by atoms with van der Waals surface area (Å²) in [5, 5.41) is 3.77. The highest BCUT2D eigenvalue weighted by Crippen LogP contribution is 2.25. The smallest absolute Gasteiger partial charge is 0.243 e. The molecule has 6 nitrogen and oxygen atoms in total. The normalized spacial score (nSPS) is 17.0. The van der Waals surface area contributed by atoms with Crippen LogP contribution in [0.2, 0.25) is 0 Å². The first-order valence-electron chi connectivity index (χ1n) is 8.80. The number of nitrogens with one attached hydrogen (secondary N) is 1. The van der Waals surface area contributed by atoms with Gasteiger partial charge in [0.05, 0.1) is 4.90 Å². The van der Waals surface area contributed by atoms with Gasteiger partial charge in [0.2, 0.25) is 15.9 Å². The highest BCUT2D eigenvalue weighted by atomic mass is 32.2. The van der Waals surface area contributed by atoms with E-state index >= 15 is 0 Å². The zero-order chi connectivity index (χ0) is 18.0. The van der Waals surface area contributed by atoms with Crippen LogP contribution in [0, 0.1) is 0 Å². The first kappa shape index (κ1) is 17.9. The van der Waals surface area contributed by atoms with Crippen molar-refractivity contribution in [2.75, 3.05) is 13.1 Å². The van der Waals surface area contributed by atoms with Crippen LogP contribution >= 0.6 is 0 Å². The molecule has 0 aliphatic carbocycles. The van der Waals surface area contributed by atoms with Crippen LogP contribution in [-0.4, -0.2) is 42.3 Å². The molecule has 0 radical (unpaired) electrons. The molecule has 2 heterocycles. The lowest BCUT2D eigenvalue weighted by molar-refractivity contribution is -0.122. The summed E-state index contributed by atoms with van der Waals surface area (Å²) in [7, 11) is -3.42. The quantitative estimate of drug-likeness (QED) is 0.856. The first-order valence-corrected chi connectivity index (χ1v) is 10.2. The van der Waals surface area contributed by atoms with Crippen molar-refractivity contribution in [1.82, 2.24) is 14.2 Å². The zero-order valence-electron chi connectivity index (χ0n) is 14.7. The molecule has 1 aromatic heterocycles. The van der Waals surface area contributed by atoms with E-state index in [1.807, 2.05) is 30.7 Å². The number of nitrogens with zero attached hydrogens (tertiary/aromatic N) is 2. The van der Waals surface area contributed by atoms with Gasteiger partial charge in [-0.1, -0.05) is 6.92 Å². The minimum absolute atomic E-state index is 0.0411. The van der Waals surface area contributed by atoms with Gasteiger partial charge in [0, 0.05) is 36.2 Å². The maximum Gasteiger partial charge on any atom is 0.243 e. The number of fused-ring (bicyclic) bond motifs is 1. The Morgan fingerprint density at radius 1 is 1.24 bits per heavy atom. The van der Waals surface area contributed by atoms with Gasteiger partial charge in [0.15, 0.2) is 0 Å². The number of benzene rings is 1. The van der Waals surface area contributed by atoms with Crippen LogP contribution in [0.1, 0.15) is 33.1 Å². The fraction of sp³-hybridized carbons (Fsp3) is 0.500. The molecular weight excluding hydrogens is 338 g/mol. The summed E-state index contributed by atoms with van der Waals surface area (Å²) in [5.41, 5.74) is 0.861. The van der Waals surface area contributed by atoms with E-state index in [4.69, 9.17) is 0 Å². The average Bonchev–Trinajstić information content (AvgIpc) is 3.25. The van der Waals surface area contributed by atoms with Crippen LogP contribution in [0.4, 0.5) is 0 Å². The fourth-order valence-electron chi connectivity index (χ4n) is 3.13. The molecule has 1 amide bonds. The molecule has 0 saturated carbocycles. The van der Waals surface area contributed by atoms with Gasteiger partial charge >= 0.3 is 0 Å². The van der Waals surface area contributed by atoms with Gasteiger partial charge in [-0.15, -0.1) is 0 Å². The number of carbonyl (C=O) groups excluding carboxylic acids is 1. The summed E-state index contributed by atoms with van der Waals surface area (Å²) in [6.07, 6.45) is 4.55. The molecule has 0 spiro atoms. The molecule has 1 fully saturated rings. The van der Waals surface area contributed by atoms with Crippen LogP contribution in [0.3, 0.4) is 0 Å². The topological polar surface area (TPSA) is 71.4 Å². The molecule has 1 aliphatic heterocycles. The zero-order valence-corrected chi connectivity index (χ0v) is 15.6. The summed E-state index contributed by atoms with van der Waals surface area (Å²) >= 11 is 0. The van der Waals surface area contributed by atoms with Crippen molar-refractivity contribution in [1.29, 1.82) is 0 Å². The number of hydrogen-bond donors (Lipinski definition) is 1. The fourth-order valence-corrected chi connectivity index (χ4v) is 4.68. The van der Waals surface area contributed by atoms with Gasteiger partial charge in [-0.2, -0.15) is 4.31 Å². The summed E-state index contributed by atoms with van der Waals surface area (Å²) in [4.78, 5) is 12.4. The Morgan fingerprint density at radius 2 is 1.96 bits per heavy atom. The van der Waals surface area contributed by atoms with Crippen LogP contribution in [0.5, 0.6) is 0 Å². The van der Waals surface area contributed by atoms with Gasteiger partial charge in [0.1, 0.15) is 6.54 Å². The van der Waals surface area contributed by atoms with E-state index in [-0.39, 0.29) is 18.5 Å². The minimum Gasteiger partial charge on any atom is -0.352 e. The van der Waals surface area contributed by atoms with E-state index < -0.39 is 10.0 Å².